The van der Waals surface area contributed by atoms with Crippen molar-refractivity contribution in [3.8, 4) is 11.5 Å². The number of H-pyrrole nitrogens is 2. The fourth-order valence-electron chi connectivity index (χ4n) is 2.69. The summed E-state index contributed by atoms with van der Waals surface area (Å²) in [5, 5.41) is 21.8. The molecule has 0 saturated carbocycles. The van der Waals surface area contributed by atoms with E-state index in [2.05, 4.69) is 35.8 Å². The Hall–Kier alpha value is -3.72. The van der Waals surface area contributed by atoms with Gasteiger partial charge in [0.05, 0.1) is 23.2 Å². The fourth-order valence-corrected chi connectivity index (χ4v) is 2.69. The Labute approximate surface area is 160 Å². The summed E-state index contributed by atoms with van der Waals surface area (Å²) < 4.78 is 0. The number of aromatic amines is 2. The van der Waals surface area contributed by atoms with Gasteiger partial charge in [0.2, 0.25) is 0 Å². The molecule has 142 valence electrons. The number of aromatic nitrogens is 5. The van der Waals surface area contributed by atoms with Crippen molar-refractivity contribution in [1.82, 2.24) is 25.1 Å². The van der Waals surface area contributed by atoms with Gasteiger partial charge in [-0.2, -0.15) is 5.10 Å². The number of rotatable bonds is 6. The van der Waals surface area contributed by atoms with Crippen LogP contribution in [0.5, 0.6) is 0 Å². The molecule has 0 aliphatic heterocycles. The summed E-state index contributed by atoms with van der Waals surface area (Å²) in [5.74, 6) is 1.29. The van der Waals surface area contributed by atoms with Crippen LogP contribution in [0.25, 0.3) is 22.6 Å². The number of hydrogen-bond donors (Lipinski definition) is 5. The van der Waals surface area contributed by atoms with Crippen LogP contribution in [-0.4, -0.2) is 48.8 Å². The standard InChI is InChI=1S/C19H19N7O2/c1-11(10-27)21-16-7-6-12(9-20-16)19(28)24-17-8-15(25-26-17)18-22-13-4-2-3-5-14(13)23-18/h2-9,11,27H,10H2,1H3,(H,20,21)(H,22,23)(H2,24,25,26,28). The number of nitrogens with one attached hydrogen (secondary N) is 4. The zero-order valence-corrected chi connectivity index (χ0v) is 15.1. The van der Waals surface area contributed by atoms with Gasteiger partial charge in [0.15, 0.2) is 11.6 Å². The van der Waals surface area contributed by atoms with Crippen molar-refractivity contribution in [1.29, 1.82) is 0 Å². The van der Waals surface area contributed by atoms with Crippen LogP contribution in [0.4, 0.5) is 11.6 Å². The van der Waals surface area contributed by atoms with Crippen LogP contribution in [0.1, 0.15) is 17.3 Å². The van der Waals surface area contributed by atoms with Gasteiger partial charge < -0.3 is 20.7 Å². The molecule has 0 fully saturated rings. The third-order valence-corrected chi connectivity index (χ3v) is 4.16. The Morgan fingerprint density at radius 2 is 2.07 bits per heavy atom. The van der Waals surface area contributed by atoms with E-state index in [9.17, 15) is 4.79 Å². The fraction of sp³-hybridized carbons (Fsp3) is 0.158. The molecule has 3 heterocycles. The summed E-state index contributed by atoms with van der Waals surface area (Å²) >= 11 is 0. The Morgan fingerprint density at radius 1 is 1.21 bits per heavy atom. The first-order valence-electron chi connectivity index (χ1n) is 8.77. The lowest BCUT2D eigenvalue weighted by molar-refractivity contribution is 0.102. The molecule has 1 unspecified atom stereocenters. The molecular weight excluding hydrogens is 358 g/mol. The van der Waals surface area contributed by atoms with Crippen LogP contribution >= 0.6 is 0 Å². The first-order chi connectivity index (χ1) is 13.6. The number of hydrogen-bond acceptors (Lipinski definition) is 6. The third-order valence-electron chi connectivity index (χ3n) is 4.16. The molecule has 9 heteroatoms. The molecular formula is C19H19N7O2. The molecule has 3 aromatic heterocycles. The largest absolute Gasteiger partial charge is 0.394 e. The Balaban J connectivity index is 1.45. The molecule has 0 aliphatic carbocycles. The van der Waals surface area contributed by atoms with Crippen molar-refractivity contribution in [2.45, 2.75) is 13.0 Å². The average molecular weight is 377 g/mol. The highest BCUT2D eigenvalue weighted by Crippen LogP contribution is 2.21. The molecule has 1 aromatic carbocycles. The zero-order chi connectivity index (χ0) is 19.5. The van der Waals surface area contributed by atoms with Gasteiger partial charge in [-0.3, -0.25) is 9.89 Å². The summed E-state index contributed by atoms with van der Waals surface area (Å²) in [4.78, 5) is 24.3. The van der Waals surface area contributed by atoms with E-state index in [4.69, 9.17) is 5.11 Å². The first kappa shape index (κ1) is 17.7. The second-order valence-corrected chi connectivity index (χ2v) is 6.38. The monoisotopic (exact) mass is 377 g/mol. The number of para-hydroxylation sites is 2. The normalized spacial score (nSPS) is 12.1. The van der Waals surface area contributed by atoms with Gasteiger partial charge in [-0.1, -0.05) is 12.1 Å². The van der Waals surface area contributed by atoms with Gasteiger partial charge in [-0.05, 0) is 31.2 Å². The van der Waals surface area contributed by atoms with Crippen molar-refractivity contribution in [2.75, 3.05) is 17.2 Å². The minimum absolute atomic E-state index is 0.00333. The highest BCUT2D eigenvalue weighted by atomic mass is 16.3. The number of anilines is 2. The number of amides is 1. The van der Waals surface area contributed by atoms with E-state index in [1.807, 2.05) is 31.2 Å². The van der Waals surface area contributed by atoms with Crippen molar-refractivity contribution in [3.05, 3.63) is 54.2 Å². The molecule has 4 rings (SSSR count). The molecule has 0 aliphatic rings. The van der Waals surface area contributed by atoms with E-state index in [0.29, 0.717) is 28.7 Å². The molecule has 0 radical (unpaired) electrons. The summed E-state index contributed by atoms with van der Waals surface area (Å²) in [5.41, 5.74) is 2.85. The van der Waals surface area contributed by atoms with Crippen LogP contribution in [0.2, 0.25) is 0 Å². The number of nitrogens with zero attached hydrogens (tertiary/aromatic N) is 3. The van der Waals surface area contributed by atoms with Gasteiger partial charge in [-0.15, -0.1) is 0 Å². The van der Waals surface area contributed by atoms with Crippen LogP contribution < -0.4 is 10.6 Å². The predicted octanol–water partition coefficient (Wildman–Crippen LogP) is 2.39. The van der Waals surface area contributed by atoms with E-state index >= 15 is 0 Å². The molecule has 28 heavy (non-hydrogen) atoms. The lowest BCUT2D eigenvalue weighted by atomic mass is 10.2. The van der Waals surface area contributed by atoms with Gasteiger partial charge in [0, 0.05) is 18.3 Å². The average Bonchev–Trinajstić information content (AvgIpc) is 3.35. The maximum absolute atomic E-state index is 12.4. The number of imidazole rings is 1. The van der Waals surface area contributed by atoms with Crippen molar-refractivity contribution < 1.29 is 9.90 Å². The summed E-state index contributed by atoms with van der Waals surface area (Å²) in [6.07, 6.45) is 1.47. The van der Waals surface area contributed by atoms with Crippen molar-refractivity contribution >= 4 is 28.6 Å². The van der Waals surface area contributed by atoms with Gasteiger partial charge >= 0.3 is 0 Å². The van der Waals surface area contributed by atoms with Crippen molar-refractivity contribution in [2.24, 2.45) is 0 Å². The Morgan fingerprint density at radius 3 is 2.82 bits per heavy atom. The molecule has 1 amide bonds. The summed E-state index contributed by atoms with van der Waals surface area (Å²) in [6, 6.07) is 12.6. The smallest absolute Gasteiger partial charge is 0.258 e. The van der Waals surface area contributed by atoms with Crippen LogP contribution in [-0.2, 0) is 0 Å². The first-order valence-corrected chi connectivity index (χ1v) is 8.77. The van der Waals surface area contributed by atoms with E-state index in [1.54, 1.807) is 18.2 Å². The topological polar surface area (TPSA) is 132 Å². The van der Waals surface area contributed by atoms with E-state index in [1.165, 1.54) is 6.20 Å². The number of benzene rings is 1. The second kappa shape index (κ2) is 7.49. The number of pyridine rings is 1. The van der Waals surface area contributed by atoms with Crippen LogP contribution in [0.3, 0.4) is 0 Å². The summed E-state index contributed by atoms with van der Waals surface area (Å²) in [7, 11) is 0. The number of carbonyl (C=O) groups excluding carboxylic acids is 1. The lowest BCUT2D eigenvalue weighted by Crippen LogP contribution is -2.20. The van der Waals surface area contributed by atoms with Gasteiger partial charge in [0.1, 0.15) is 11.5 Å². The maximum Gasteiger partial charge on any atom is 0.258 e. The molecule has 9 nitrogen and oxygen atoms in total. The summed E-state index contributed by atoms with van der Waals surface area (Å²) in [6.45, 7) is 1.83. The van der Waals surface area contributed by atoms with E-state index in [-0.39, 0.29) is 18.6 Å². The quantitative estimate of drug-likeness (QED) is 0.351. The van der Waals surface area contributed by atoms with Gasteiger partial charge in [0.25, 0.3) is 5.91 Å². The van der Waals surface area contributed by atoms with Crippen LogP contribution in [0.15, 0.2) is 48.7 Å². The number of aliphatic hydroxyl groups excluding tert-OH is 1. The van der Waals surface area contributed by atoms with Crippen LogP contribution in [0, 0.1) is 0 Å². The molecule has 0 spiro atoms. The third kappa shape index (κ3) is 3.69. The zero-order valence-electron chi connectivity index (χ0n) is 15.1. The Kier molecular flexibility index (Phi) is 4.73. The predicted molar refractivity (Wildman–Crippen MR) is 106 cm³/mol. The molecule has 0 bridgehead atoms. The number of fused-ring (bicyclic) bond motifs is 1. The number of aliphatic hydroxyl groups is 1. The maximum atomic E-state index is 12.4. The molecule has 4 aromatic rings. The molecule has 5 N–H and O–H groups in total. The number of carbonyl (C=O) groups is 1. The highest BCUT2D eigenvalue weighted by Gasteiger charge is 2.12. The lowest BCUT2D eigenvalue weighted by Gasteiger charge is -2.11. The van der Waals surface area contributed by atoms with Crippen molar-refractivity contribution in [3.63, 3.8) is 0 Å². The van der Waals surface area contributed by atoms with E-state index in [0.717, 1.165) is 11.0 Å². The Bertz CT molecular complexity index is 1070. The highest BCUT2D eigenvalue weighted by molar-refractivity contribution is 6.03. The SMILES string of the molecule is CC(CO)Nc1ccc(C(=O)Nc2cc(-c3nc4ccccc4[nH]3)[nH]n2)cn1. The molecule has 0 saturated heterocycles. The minimum atomic E-state index is -0.322. The molecule has 1 atom stereocenters. The van der Waals surface area contributed by atoms with E-state index < -0.39 is 0 Å². The minimum Gasteiger partial charge on any atom is -0.394 e. The second-order valence-electron chi connectivity index (χ2n) is 6.38. The van der Waals surface area contributed by atoms with Gasteiger partial charge in [-0.25, -0.2) is 9.97 Å².